The molecule has 1 saturated heterocycles. The fraction of sp³-hybridized carbons (Fsp3) is 0.333. The number of hydrogen-bond acceptors (Lipinski definition) is 2. The maximum absolute atomic E-state index is 12.6. The fourth-order valence-electron chi connectivity index (χ4n) is 3.87. The summed E-state index contributed by atoms with van der Waals surface area (Å²) in [4.78, 5) is 30.8. The predicted octanol–water partition coefficient (Wildman–Crippen LogP) is 1.32. The van der Waals surface area contributed by atoms with Crippen molar-refractivity contribution < 1.29 is 9.69 Å². The quantitative estimate of drug-likeness (QED) is 0.514. The molecule has 0 bridgehead atoms. The van der Waals surface area contributed by atoms with Crippen molar-refractivity contribution in [2.75, 3.05) is 18.4 Å². The number of fused-ring (bicyclic) bond motifs is 1. The molecule has 26 heavy (non-hydrogen) atoms. The van der Waals surface area contributed by atoms with E-state index >= 15 is 0 Å². The molecule has 7 nitrogen and oxygen atoms in total. The molecule has 0 spiro atoms. The van der Waals surface area contributed by atoms with Gasteiger partial charge in [-0.1, -0.05) is 0 Å². The van der Waals surface area contributed by atoms with E-state index in [2.05, 4.69) is 61.2 Å². The van der Waals surface area contributed by atoms with Crippen LogP contribution < -0.4 is 15.9 Å². The number of anilines is 1. The van der Waals surface area contributed by atoms with Gasteiger partial charge in [0.25, 0.3) is 5.91 Å². The number of nitrogens with zero attached hydrogens (tertiary/aromatic N) is 1. The topological polar surface area (TPSA) is 87.1 Å². The van der Waals surface area contributed by atoms with Gasteiger partial charge in [0.05, 0.1) is 29.0 Å². The molecule has 136 valence electrons. The molecule has 3 aromatic rings. The molecule has 1 unspecified atom stereocenters. The molecular formula is C18H21BrN5O2+. The Kier molecular flexibility index (Phi) is 4.46. The second-order valence-electron chi connectivity index (χ2n) is 6.83. The van der Waals surface area contributed by atoms with Gasteiger partial charge >= 0.3 is 5.69 Å². The van der Waals surface area contributed by atoms with Crippen LogP contribution in [0.3, 0.4) is 0 Å². The zero-order chi connectivity index (χ0) is 18.3. The Morgan fingerprint density at radius 3 is 2.88 bits per heavy atom. The van der Waals surface area contributed by atoms with Crippen molar-refractivity contribution in [1.29, 1.82) is 0 Å². The molecule has 1 amide bonds. The monoisotopic (exact) mass is 418 g/mol. The summed E-state index contributed by atoms with van der Waals surface area (Å²) < 4.78 is 2.88. The van der Waals surface area contributed by atoms with Crippen LogP contribution in [-0.2, 0) is 11.8 Å². The largest absolute Gasteiger partial charge is 0.350 e. The van der Waals surface area contributed by atoms with Gasteiger partial charge in [0.2, 0.25) is 0 Å². The minimum Gasteiger partial charge on any atom is -0.350 e. The van der Waals surface area contributed by atoms with Crippen LogP contribution in [0.2, 0.25) is 0 Å². The summed E-state index contributed by atoms with van der Waals surface area (Å²) in [5.41, 5.74) is 3.05. The highest BCUT2D eigenvalue weighted by Gasteiger charge is 2.33. The van der Waals surface area contributed by atoms with Crippen LogP contribution in [0.5, 0.6) is 0 Å². The first-order valence-corrected chi connectivity index (χ1v) is 9.48. The number of hydrogen-bond donors (Lipinski definition) is 4. The number of likely N-dealkylation sites (tertiary alicyclic amines) is 1. The average molecular weight is 419 g/mol. The number of nitrogens with one attached hydrogen (secondary N) is 4. The number of rotatable bonds is 4. The Balaban J connectivity index is 1.49. The number of carbonyl (C=O) groups is 1. The van der Waals surface area contributed by atoms with E-state index in [1.54, 1.807) is 12.1 Å². The SMILES string of the molecule is Cn1cccc1[C@H]1CCC[NH+]1CC(=O)Nc1cc2[nH]c(=O)[nH]c2cc1Br. The predicted molar refractivity (Wildman–Crippen MR) is 103 cm³/mol. The first-order chi connectivity index (χ1) is 12.5. The first-order valence-electron chi connectivity index (χ1n) is 8.68. The third-order valence-electron chi connectivity index (χ3n) is 5.09. The molecule has 0 radical (unpaired) electrons. The summed E-state index contributed by atoms with van der Waals surface area (Å²) in [7, 11) is 2.05. The van der Waals surface area contributed by atoms with Crippen molar-refractivity contribution in [1.82, 2.24) is 14.5 Å². The van der Waals surface area contributed by atoms with Crippen LogP contribution in [0, 0.1) is 0 Å². The van der Waals surface area contributed by atoms with Crippen LogP contribution in [0.1, 0.15) is 24.6 Å². The number of benzene rings is 1. The van der Waals surface area contributed by atoms with Gasteiger partial charge in [-0.25, -0.2) is 4.79 Å². The zero-order valence-corrected chi connectivity index (χ0v) is 16.0. The molecular weight excluding hydrogens is 398 g/mol. The lowest BCUT2D eigenvalue weighted by atomic mass is 10.1. The summed E-state index contributed by atoms with van der Waals surface area (Å²) in [6, 6.07) is 8.10. The second-order valence-corrected chi connectivity index (χ2v) is 7.68. The summed E-state index contributed by atoms with van der Waals surface area (Å²) in [6.45, 7) is 1.42. The van der Waals surface area contributed by atoms with E-state index in [1.165, 1.54) is 10.6 Å². The number of halogens is 1. The normalized spacial score (nSPS) is 19.9. The lowest BCUT2D eigenvalue weighted by molar-refractivity contribution is -0.910. The molecule has 2 atom stereocenters. The van der Waals surface area contributed by atoms with Crippen LogP contribution in [0.15, 0.2) is 39.7 Å². The van der Waals surface area contributed by atoms with Crippen LogP contribution in [0.4, 0.5) is 5.69 Å². The standard InChI is InChI=1S/C18H20BrN5O2/c1-23-6-2-4-15(23)16-5-3-7-24(16)10-17(25)20-12-9-14-13(8-11(12)19)21-18(26)22-14/h2,4,6,8-9,16H,3,5,7,10H2,1H3,(H,20,25)(H2,21,22,26)/p+1/t16-/m1/s1. The second kappa shape index (κ2) is 6.77. The average Bonchev–Trinajstić information content (AvgIpc) is 3.27. The van der Waals surface area contributed by atoms with E-state index in [9.17, 15) is 9.59 Å². The molecule has 1 aliphatic heterocycles. The van der Waals surface area contributed by atoms with E-state index in [0.29, 0.717) is 29.3 Å². The summed E-state index contributed by atoms with van der Waals surface area (Å²) >= 11 is 3.46. The van der Waals surface area contributed by atoms with Crippen molar-refractivity contribution >= 4 is 38.6 Å². The van der Waals surface area contributed by atoms with E-state index in [-0.39, 0.29) is 11.6 Å². The van der Waals surface area contributed by atoms with Crippen LogP contribution in [0.25, 0.3) is 11.0 Å². The summed E-state index contributed by atoms with van der Waals surface area (Å²) in [5.74, 6) is -0.0287. The number of imidazole rings is 1. The Bertz CT molecular complexity index is 1020. The number of H-pyrrole nitrogens is 2. The Labute approximate surface area is 158 Å². The smallest absolute Gasteiger partial charge is 0.323 e. The Morgan fingerprint density at radius 1 is 1.38 bits per heavy atom. The molecule has 4 rings (SSSR count). The lowest BCUT2D eigenvalue weighted by Gasteiger charge is -2.21. The molecule has 1 aromatic carbocycles. The molecule has 1 aliphatic rings. The van der Waals surface area contributed by atoms with Gasteiger partial charge in [-0.3, -0.25) is 4.79 Å². The van der Waals surface area contributed by atoms with Gasteiger partial charge in [-0.15, -0.1) is 0 Å². The Hall–Kier alpha value is -2.32. The highest BCUT2D eigenvalue weighted by atomic mass is 79.9. The zero-order valence-electron chi connectivity index (χ0n) is 14.4. The number of aromatic nitrogens is 3. The maximum Gasteiger partial charge on any atom is 0.323 e. The lowest BCUT2D eigenvalue weighted by Crippen LogP contribution is -3.11. The number of carbonyl (C=O) groups excluding carboxylic acids is 1. The first kappa shape index (κ1) is 17.1. The minimum absolute atomic E-state index is 0.0287. The van der Waals surface area contributed by atoms with Gasteiger partial charge in [0.15, 0.2) is 6.54 Å². The molecule has 1 fully saturated rings. The van der Waals surface area contributed by atoms with Crippen LogP contribution >= 0.6 is 15.9 Å². The van der Waals surface area contributed by atoms with E-state index in [1.807, 2.05) is 0 Å². The van der Waals surface area contributed by atoms with Crippen molar-refractivity contribution in [3.05, 3.63) is 51.1 Å². The third kappa shape index (κ3) is 3.22. The number of aromatic amines is 2. The number of quaternary nitrogens is 1. The van der Waals surface area contributed by atoms with Gasteiger partial charge in [0, 0.05) is 30.6 Å². The molecule has 8 heteroatoms. The van der Waals surface area contributed by atoms with Crippen LogP contribution in [-0.4, -0.2) is 33.5 Å². The van der Waals surface area contributed by atoms with Crippen molar-refractivity contribution in [3.8, 4) is 0 Å². The fourth-order valence-corrected chi connectivity index (χ4v) is 4.31. The van der Waals surface area contributed by atoms with Crippen molar-refractivity contribution in [2.24, 2.45) is 7.05 Å². The molecule has 0 saturated carbocycles. The highest BCUT2D eigenvalue weighted by Crippen LogP contribution is 2.26. The van der Waals surface area contributed by atoms with Gasteiger partial charge in [-0.05, 0) is 40.2 Å². The number of aryl methyl sites for hydroxylation is 1. The Morgan fingerprint density at radius 2 is 2.15 bits per heavy atom. The molecule has 2 aromatic heterocycles. The van der Waals surface area contributed by atoms with Gasteiger partial charge < -0.3 is 24.8 Å². The summed E-state index contributed by atoms with van der Waals surface area (Å²) in [6.07, 6.45) is 4.27. The van der Waals surface area contributed by atoms with E-state index < -0.39 is 0 Å². The number of amides is 1. The highest BCUT2D eigenvalue weighted by molar-refractivity contribution is 9.10. The maximum atomic E-state index is 12.6. The van der Waals surface area contributed by atoms with E-state index in [4.69, 9.17) is 0 Å². The van der Waals surface area contributed by atoms with Crippen molar-refractivity contribution in [2.45, 2.75) is 18.9 Å². The molecule has 3 heterocycles. The van der Waals surface area contributed by atoms with Gasteiger partial charge in [0.1, 0.15) is 6.04 Å². The molecule has 4 N–H and O–H groups in total. The minimum atomic E-state index is -0.262. The molecule has 0 aliphatic carbocycles. The summed E-state index contributed by atoms with van der Waals surface area (Å²) in [5, 5.41) is 2.97. The van der Waals surface area contributed by atoms with E-state index in [0.717, 1.165) is 23.9 Å². The third-order valence-corrected chi connectivity index (χ3v) is 5.75. The van der Waals surface area contributed by atoms with Gasteiger partial charge in [-0.2, -0.15) is 0 Å². The van der Waals surface area contributed by atoms with Crippen molar-refractivity contribution in [3.63, 3.8) is 0 Å².